The number of ketones is 1. The molecule has 13 nitrogen and oxygen atoms in total. The van der Waals surface area contributed by atoms with E-state index < -0.39 is 29.7 Å². The third-order valence-electron chi connectivity index (χ3n) is 11.5. The molecule has 5 aromatic rings. The van der Waals surface area contributed by atoms with Gasteiger partial charge in [-0.15, -0.1) is 0 Å². The number of aromatic nitrogens is 3. The van der Waals surface area contributed by atoms with Crippen molar-refractivity contribution in [1.82, 2.24) is 30.1 Å². The molecule has 3 fully saturated rings. The Bertz CT molecular complexity index is 2370. The molecule has 4 aliphatic heterocycles. The van der Waals surface area contributed by atoms with Gasteiger partial charge in [0.1, 0.15) is 6.04 Å². The third kappa shape index (κ3) is 5.57. The van der Waals surface area contributed by atoms with Crippen LogP contribution in [0, 0.1) is 6.92 Å². The molecule has 0 saturated carbocycles. The number of benzene rings is 3. The van der Waals surface area contributed by atoms with Crippen LogP contribution >= 0.6 is 0 Å². The van der Waals surface area contributed by atoms with Crippen LogP contribution in [0.2, 0.25) is 0 Å². The molecule has 54 heavy (non-hydrogen) atoms. The van der Waals surface area contributed by atoms with Crippen molar-refractivity contribution in [3.8, 4) is 22.6 Å². The van der Waals surface area contributed by atoms with Crippen LogP contribution in [0.3, 0.4) is 0 Å². The van der Waals surface area contributed by atoms with Gasteiger partial charge in [0.2, 0.25) is 11.8 Å². The number of aryl methyl sites for hydroxylation is 1. The average molecular weight is 725 g/mol. The number of amides is 4. The SMILES string of the molecule is CC(=O)c1c(C)[nH]c(-c2nc3ccc(N4CCN(C5CCN(c6cccc7c6C(=O)N(C6CCC(=O)NC6=O)C7=O)C5)CC4)cc3[nH]2)c1-c1ccccc1. The van der Waals surface area contributed by atoms with E-state index in [-0.39, 0.29) is 18.6 Å². The molecule has 0 bridgehead atoms. The molecule has 2 aromatic heterocycles. The number of piperazine rings is 1. The number of imide groups is 2. The van der Waals surface area contributed by atoms with Gasteiger partial charge in [0.15, 0.2) is 11.6 Å². The van der Waals surface area contributed by atoms with E-state index in [9.17, 15) is 24.0 Å². The lowest BCUT2D eigenvalue weighted by Crippen LogP contribution is -2.54. The number of hydrogen-bond acceptors (Lipinski definition) is 9. The van der Waals surface area contributed by atoms with Gasteiger partial charge in [0.05, 0.1) is 33.5 Å². The van der Waals surface area contributed by atoms with Gasteiger partial charge in [-0.2, -0.15) is 0 Å². The molecule has 3 aromatic carbocycles. The van der Waals surface area contributed by atoms with Crippen molar-refractivity contribution >= 4 is 51.8 Å². The van der Waals surface area contributed by atoms with E-state index in [1.54, 1.807) is 19.1 Å². The van der Waals surface area contributed by atoms with Crippen molar-refractivity contribution < 1.29 is 24.0 Å². The van der Waals surface area contributed by atoms with Crippen LogP contribution in [0.25, 0.3) is 33.7 Å². The lowest BCUT2D eigenvalue weighted by molar-refractivity contribution is -0.136. The number of carbonyl (C=O) groups is 5. The first-order chi connectivity index (χ1) is 26.2. The standard InChI is InChI=1S/C41H40N8O5/c1-23-34(24(2)50)35(25-7-4-3-5-8-25)37(42-23)38-43-29-12-11-26(21-30(29)44-38)46-17-19-47(20-18-46)27-15-16-48(22-27)31-10-6-9-28-36(31)41(54)49(40(28)53)32-13-14-33(51)45-39(32)52/h3-12,21,27,32,42H,13-20,22H2,1-2H3,(H,43,44)(H,45,51,52). The lowest BCUT2D eigenvalue weighted by Gasteiger charge is -2.39. The van der Waals surface area contributed by atoms with Gasteiger partial charge >= 0.3 is 0 Å². The molecule has 6 heterocycles. The maximum Gasteiger partial charge on any atom is 0.264 e. The number of rotatable bonds is 7. The second kappa shape index (κ2) is 13.1. The number of Topliss-reactive ketones (excluding diaryl/α,β-unsaturated/α-hetero) is 1. The number of aromatic amines is 2. The molecule has 0 spiro atoms. The Balaban J connectivity index is 0.882. The highest BCUT2D eigenvalue weighted by atomic mass is 16.2. The number of piperidine rings is 1. The van der Waals surface area contributed by atoms with E-state index in [0.717, 1.165) is 95.5 Å². The first kappa shape index (κ1) is 33.7. The fourth-order valence-electron chi connectivity index (χ4n) is 8.81. The first-order valence-corrected chi connectivity index (χ1v) is 18.5. The Labute approximate surface area is 311 Å². The molecular weight excluding hydrogens is 685 g/mol. The number of fused-ring (bicyclic) bond motifs is 2. The predicted molar refractivity (Wildman–Crippen MR) is 204 cm³/mol. The van der Waals surface area contributed by atoms with Crippen LogP contribution in [-0.4, -0.2) is 106 Å². The summed E-state index contributed by atoms with van der Waals surface area (Å²) in [5.74, 6) is -1.27. The highest BCUT2D eigenvalue weighted by Gasteiger charge is 2.46. The Morgan fingerprint density at radius 1 is 0.815 bits per heavy atom. The van der Waals surface area contributed by atoms with E-state index in [2.05, 4.69) is 42.1 Å². The normalized spacial score (nSPS) is 20.7. The van der Waals surface area contributed by atoms with Crippen LogP contribution in [0.4, 0.5) is 11.4 Å². The second-order valence-electron chi connectivity index (χ2n) is 14.6. The molecule has 4 aliphatic rings. The third-order valence-corrected chi connectivity index (χ3v) is 11.5. The monoisotopic (exact) mass is 724 g/mol. The van der Waals surface area contributed by atoms with E-state index in [1.807, 2.05) is 49.4 Å². The molecule has 0 radical (unpaired) electrons. The Morgan fingerprint density at radius 3 is 2.37 bits per heavy atom. The van der Waals surface area contributed by atoms with E-state index >= 15 is 0 Å². The smallest absolute Gasteiger partial charge is 0.264 e. The molecule has 3 N–H and O–H groups in total. The molecule has 2 unspecified atom stereocenters. The van der Waals surface area contributed by atoms with Crippen LogP contribution in [0.5, 0.6) is 0 Å². The maximum atomic E-state index is 13.7. The van der Waals surface area contributed by atoms with E-state index in [0.29, 0.717) is 28.6 Å². The van der Waals surface area contributed by atoms with Crippen molar-refractivity contribution in [3.05, 3.63) is 89.1 Å². The van der Waals surface area contributed by atoms with Crippen molar-refractivity contribution in [2.75, 3.05) is 49.1 Å². The van der Waals surface area contributed by atoms with Crippen molar-refractivity contribution in [3.63, 3.8) is 0 Å². The fraction of sp³-hybridized carbons (Fsp3) is 0.317. The van der Waals surface area contributed by atoms with Crippen molar-refractivity contribution in [2.45, 2.75) is 45.2 Å². The Hall–Kier alpha value is -6.08. The topological polar surface area (TPSA) is 155 Å². The molecule has 274 valence electrons. The lowest BCUT2D eigenvalue weighted by atomic mass is 9.98. The number of nitrogens with one attached hydrogen (secondary N) is 3. The number of anilines is 2. The van der Waals surface area contributed by atoms with Crippen LogP contribution in [0.1, 0.15) is 63.0 Å². The minimum Gasteiger partial charge on any atom is -0.369 e. The molecule has 9 rings (SSSR count). The average Bonchev–Trinajstić information content (AvgIpc) is 3.96. The summed E-state index contributed by atoms with van der Waals surface area (Å²) in [5.41, 5.74) is 8.35. The molecular formula is C41H40N8O5. The highest BCUT2D eigenvalue weighted by Crippen LogP contribution is 2.38. The molecule has 0 aliphatic carbocycles. The van der Waals surface area contributed by atoms with Crippen LogP contribution in [0.15, 0.2) is 66.7 Å². The predicted octanol–water partition coefficient (Wildman–Crippen LogP) is 4.54. The molecule has 4 amide bonds. The zero-order valence-corrected chi connectivity index (χ0v) is 30.1. The number of carbonyl (C=O) groups excluding carboxylic acids is 5. The van der Waals surface area contributed by atoms with Gasteiger partial charge in [0.25, 0.3) is 11.8 Å². The van der Waals surface area contributed by atoms with Gasteiger partial charge in [0, 0.05) is 74.2 Å². The Morgan fingerprint density at radius 2 is 1.61 bits per heavy atom. The first-order valence-electron chi connectivity index (χ1n) is 18.5. The summed E-state index contributed by atoms with van der Waals surface area (Å²) in [6.45, 7) is 8.48. The van der Waals surface area contributed by atoms with Crippen molar-refractivity contribution in [2.24, 2.45) is 0 Å². The summed E-state index contributed by atoms with van der Waals surface area (Å²) < 4.78 is 0. The summed E-state index contributed by atoms with van der Waals surface area (Å²) in [7, 11) is 0. The number of H-pyrrole nitrogens is 2. The van der Waals surface area contributed by atoms with E-state index in [4.69, 9.17) is 4.98 Å². The minimum atomic E-state index is -0.988. The highest BCUT2D eigenvalue weighted by molar-refractivity contribution is 6.25. The minimum absolute atomic E-state index is 0.00485. The summed E-state index contributed by atoms with van der Waals surface area (Å²) in [6, 6.07) is 20.9. The number of hydrogen-bond donors (Lipinski definition) is 3. The fourth-order valence-corrected chi connectivity index (χ4v) is 8.81. The number of imidazole rings is 1. The van der Waals surface area contributed by atoms with Crippen LogP contribution in [-0.2, 0) is 9.59 Å². The van der Waals surface area contributed by atoms with E-state index in [1.165, 1.54) is 0 Å². The van der Waals surface area contributed by atoms with Gasteiger partial charge in [-0.1, -0.05) is 36.4 Å². The van der Waals surface area contributed by atoms with Gasteiger partial charge in [-0.3, -0.25) is 39.1 Å². The quantitative estimate of drug-likeness (QED) is 0.162. The van der Waals surface area contributed by atoms with Gasteiger partial charge < -0.3 is 19.8 Å². The zero-order valence-electron chi connectivity index (χ0n) is 30.1. The summed E-state index contributed by atoms with van der Waals surface area (Å²) in [5, 5.41) is 2.27. The summed E-state index contributed by atoms with van der Waals surface area (Å²) >= 11 is 0. The van der Waals surface area contributed by atoms with Gasteiger partial charge in [-0.05, 0) is 62.6 Å². The Kier molecular flexibility index (Phi) is 8.18. The zero-order chi connectivity index (χ0) is 37.2. The molecule has 3 saturated heterocycles. The maximum absolute atomic E-state index is 13.7. The number of nitrogens with zero attached hydrogens (tertiary/aromatic N) is 5. The second-order valence-corrected chi connectivity index (χ2v) is 14.6. The van der Waals surface area contributed by atoms with Crippen LogP contribution < -0.4 is 15.1 Å². The molecule has 2 atom stereocenters. The molecule has 13 heteroatoms. The summed E-state index contributed by atoms with van der Waals surface area (Å²) in [6.07, 6.45) is 1.15. The van der Waals surface area contributed by atoms with Gasteiger partial charge in [-0.25, -0.2) is 4.98 Å². The summed E-state index contributed by atoms with van der Waals surface area (Å²) in [4.78, 5) is 84.2. The van der Waals surface area contributed by atoms with Crippen molar-refractivity contribution in [1.29, 1.82) is 0 Å². The largest absolute Gasteiger partial charge is 0.369 e.